The molecule has 0 fully saturated rings. The Hall–Kier alpha value is -0.380. The quantitative estimate of drug-likeness (QED) is 0.762. The van der Waals surface area contributed by atoms with Crippen LogP contribution in [0.25, 0.3) is 0 Å². The summed E-state index contributed by atoms with van der Waals surface area (Å²) in [5, 5.41) is 0. The Morgan fingerprint density at radius 3 is 2.88 bits per heavy atom. The van der Waals surface area contributed by atoms with Crippen molar-refractivity contribution in [3.05, 3.63) is 20.9 Å². The highest BCUT2D eigenvalue weighted by Gasteiger charge is 2.27. The smallest absolute Gasteiger partial charge is 0.104 e. The van der Waals surface area contributed by atoms with Gasteiger partial charge in [0.05, 0.1) is 6.61 Å². The van der Waals surface area contributed by atoms with Gasteiger partial charge in [0, 0.05) is 16.3 Å². The second kappa shape index (κ2) is 4.47. The molecule has 3 heteroatoms. The van der Waals surface area contributed by atoms with E-state index in [2.05, 4.69) is 0 Å². The van der Waals surface area contributed by atoms with E-state index in [1.54, 1.807) is 16.0 Å². The Morgan fingerprint density at radius 2 is 2.00 bits per heavy atom. The summed E-state index contributed by atoms with van der Waals surface area (Å²) >= 11 is 1.98. The zero-order chi connectivity index (χ0) is 11.0. The largest absolute Gasteiger partial charge is 0.371 e. The average Bonchev–Trinajstić information content (AvgIpc) is 2.52. The van der Waals surface area contributed by atoms with Gasteiger partial charge in [-0.25, -0.2) is 0 Å². The average molecular weight is 237 g/mol. The number of fused-ring (bicyclic) bond motifs is 3. The van der Waals surface area contributed by atoms with Crippen LogP contribution >= 0.6 is 11.3 Å². The molecule has 1 aliphatic carbocycles. The molecule has 2 N–H and O–H groups in total. The van der Waals surface area contributed by atoms with E-state index < -0.39 is 0 Å². The van der Waals surface area contributed by atoms with Crippen LogP contribution in [0.2, 0.25) is 0 Å². The van der Waals surface area contributed by atoms with Gasteiger partial charge in [0.15, 0.2) is 0 Å². The van der Waals surface area contributed by atoms with Crippen molar-refractivity contribution >= 4 is 11.3 Å². The van der Waals surface area contributed by atoms with Crippen LogP contribution in [0.3, 0.4) is 0 Å². The van der Waals surface area contributed by atoms with Gasteiger partial charge >= 0.3 is 0 Å². The third kappa shape index (κ3) is 1.71. The normalized spacial score (nSPS) is 24.7. The van der Waals surface area contributed by atoms with Crippen molar-refractivity contribution in [2.75, 3.05) is 13.2 Å². The van der Waals surface area contributed by atoms with Gasteiger partial charge in [0.25, 0.3) is 0 Å². The fourth-order valence-corrected chi connectivity index (χ4v) is 4.42. The SMILES string of the molecule is NCC1OCCc2c1sc1c2CCCCC1. The molecule has 0 saturated carbocycles. The van der Waals surface area contributed by atoms with Crippen LogP contribution in [0.15, 0.2) is 0 Å². The van der Waals surface area contributed by atoms with Gasteiger partial charge in [-0.3, -0.25) is 0 Å². The minimum Gasteiger partial charge on any atom is -0.371 e. The molecule has 0 saturated heterocycles. The maximum Gasteiger partial charge on any atom is 0.104 e. The number of thiophene rings is 1. The number of ether oxygens (including phenoxy) is 1. The molecule has 2 nitrogen and oxygen atoms in total. The number of aryl methyl sites for hydroxylation is 1. The summed E-state index contributed by atoms with van der Waals surface area (Å²) in [6, 6.07) is 0. The molecule has 3 rings (SSSR count). The summed E-state index contributed by atoms with van der Waals surface area (Å²) in [6.07, 6.45) is 7.99. The van der Waals surface area contributed by atoms with E-state index in [-0.39, 0.29) is 6.10 Å². The van der Waals surface area contributed by atoms with Crippen molar-refractivity contribution in [2.24, 2.45) is 5.73 Å². The minimum absolute atomic E-state index is 0.181. The van der Waals surface area contributed by atoms with E-state index in [0.29, 0.717) is 6.54 Å². The highest BCUT2D eigenvalue weighted by atomic mass is 32.1. The van der Waals surface area contributed by atoms with Crippen LogP contribution in [-0.2, 0) is 24.0 Å². The second-order valence-corrected chi connectivity index (χ2v) is 5.89. The van der Waals surface area contributed by atoms with Gasteiger partial charge in [-0.15, -0.1) is 11.3 Å². The number of hydrogen-bond acceptors (Lipinski definition) is 3. The van der Waals surface area contributed by atoms with Crippen LogP contribution in [-0.4, -0.2) is 13.2 Å². The van der Waals surface area contributed by atoms with Crippen molar-refractivity contribution in [1.29, 1.82) is 0 Å². The molecule has 1 aliphatic heterocycles. The molecular formula is C13H19NOS. The first kappa shape index (κ1) is 10.8. The van der Waals surface area contributed by atoms with Gasteiger partial charge < -0.3 is 10.5 Å². The highest BCUT2D eigenvalue weighted by molar-refractivity contribution is 7.12. The van der Waals surface area contributed by atoms with Crippen LogP contribution in [0.1, 0.15) is 46.2 Å². The van der Waals surface area contributed by atoms with Crippen molar-refractivity contribution in [1.82, 2.24) is 0 Å². The molecule has 2 heterocycles. The lowest BCUT2D eigenvalue weighted by Crippen LogP contribution is -2.21. The fraction of sp³-hybridized carbons (Fsp3) is 0.692. The first-order valence-corrected chi connectivity index (χ1v) is 7.16. The minimum atomic E-state index is 0.181. The molecule has 0 spiro atoms. The lowest BCUT2D eigenvalue weighted by Gasteiger charge is -2.22. The Bertz CT molecular complexity index is 386. The Labute approximate surface area is 101 Å². The lowest BCUT2D eigenvalue weighted by atomic mass is 9.98. The zero-order valence-corrected chi connectivity index (χ0v) is 10.4. The molecule has 16 heavy (non-hydrogen) atoms. The van der Waals surface area contributed by atoms with E-state index in [4.69, 9.17) is 10.5 Å². The van der Waals surface area contributed by atoms with Gasteiger partial charge in [0.2, 0.25) is 0 Å². The first-order valence-electron chi connectivity index (χ1n) is 6.35. The van der Waals surface area contributed by atoms with Gasteiger partial charge in [-0.2, -0.15) is 0 Å². The molecule has 0 amide bonds. The van der Waals surface area contributed by atoms with Crippen LogP contribution < -0.4 is 5.73 Å². The van der Waals surface area contributed by atoms with Crippen molar-refractivity contribution in [2.45, 2.75) is 44.6 Å². The van der Waals surface area contributed by atoms with E-state index in [0.717, 1.165) is 13.0 Å². The van der Waals surface area contributed by atoms with Crippen LogP contribution in [0.4, 0.5) is 0 Å². The molecule has 88 valence electrons. The zero-order valence-electron chi connectivity index (χ0n) is 9.63. The third-order valence-corrected chi connectivity index (χ3v) is 5.17. The van der Waals surface area contributed by atoms with Crippen LogP contribution in [0, 0.1) is 0 Å². The summed E-state index contributed by atoms with van der Waals surface area (Å²) in [7, 11) is 0. The third-order valence-electron chi connectivity index (χ3n) is 3.74. The fourth-order valence-electron chi connectivity index (χ4n) is 2.92. The maximum atomic E-state index is 5.79. The number of nitrogens with two attached hydrogens (primary N) is 1. The monoisotopic (exact) mass is 237 g/mol. The molecule has 1 aromatic heterocycles. The van der Waals surface area contributed by atoms with Crippen molar-refractivity contribution in [3.8, 4) is 0 Å². The van der Waals surface area contributed by atoms with Gasteiger partial charge in [-0.1, -0.05) is 6.42 Å². The molecular weight excluding hydrogens is 218 g/mol. The summed E-state index contributed by atoms with van der Waals surface area (Å²) < 4.78 is 5.75. The van der Waals surface area contributed by atoms with E-state index in [1.807, 2.05) is 11.3 Å². The maximum absolute atomic E-state index is 5.79. The predicted octanol–water partition coefficient (Wildman–Crippen LogP) is 2.59. The highest BCUT2D eigenvalue weighted by Crippen LogP contribution is 2.40. The molecule has 1 aromatic rings. The number of hydrogen-bond donors (Lipinski definition) is 1. The lowest BCUT2D eigenvalue weighted by molar-refractivity contribution is 0.0513. The van der Waals surface area contributed by atoms with Gasteiger partial charge in [-0.05, 0) is 43.2 Å². The summed E-state index contributed by atoms with van der Waals surface area (Å²) in [5.74, 6) is 0. The Kier molecular flexibility index (Phi) is 3.01. The standard InChI is InChI=1S/C13H19NOS/c14-8-11-13-10(6-7-15-11)9-4-2-1-3-5-12(9)16-13/h11H,1-8,14H2. The topological polar surface area (TPSA) is 35.2 Å². The molecule has 1 unspecified atom stereocenters. The van der Waals surface area contributed by atoms with E-state index >= 15 is 0 Å². The molecule has 0 aromatic carbocycles. The summed E-state index contributed by atoms with van der Waals surface area (Å²) in [6.45, 7) is 1.49. The van der Waals surface area contributed by atoms with Crippen molar-refractivity contribution in [3.63, 3.8) is 0 Å². The molecule has 2 aliphatic rings. The molecule has 0 radical (unpaired) electrons. The van der Waals surface area contributed by atoms with Gasteiger partial charge in [0.1, 0.15) is 6.10 Å². The summed E-state index contributed by atoms with van der Waals surface area (Å²) in [5.41, 5.74) is 9.06. The van der Waals surface area contributed by atoms with Crippen molar-refractivity contribution < 1.29 is 4.74 Å². The molecule has 1 atom stereocenters. The van der Waals surface area contributed by atoms with Crippen LogP contribution in [0.5, 0.6) is 0 Å². The van der Waals surface area contributed by atoms with E-state index in [1.165, 1.54) is 37.0 Å². The Morgan fingerprint density at radius 1 is 1.12 bits per heavy atom. The first-order chi connectivity index (χ1) is 7.90. The summed E-state index contributed by atoms with van der Waals surface area (Å²) in [4.78, 5) is 3.08. The molecule has 0 bridgehead atoms. The van der Waals surface area contributed by atoms with E-state index in [9.17, 15) is 0 Å². The predicted molar refractivity (Wildman–Crippen MR) is 67.0 cm³/mol. The Balaban J connectivity index is 2.02. The second-order valence-electron chi connectivity index (χ2n) is 4.75. The number of rotatable bonds is 1.